The molecule has 6 nitrogen and oxygen atoms in total. The van der Waals surface area contributed by atoms with Crippen LogP contribution in [-0.2, 0) is 27.9 Å². The first kappa shape index (κ1) is 21.0. The van der Waals surface area contributed by atoms with Gasteiger partial charge in [0.1, 0.15) is 10.8 Å². The van der Waals surface area contributed by atoms with Crippen LogP contribution >= 0.6 is 11.3 Å². The first-order valence-electron chi connectivity index (χ1n) is 9.54. The first-order valence-corrected chi connectivity index (χ1v) is 11.9. The van der Waals surface area contributed by atoms with Crippen LogP contribution in [0.25, 0.3) is 0 Å². The van der Waals surface area contributed by atoms with Gasteiger partial charge in [0.15, 0.2) is 0 Å². The van der Waals surface area contributed by atoms with E-state index >= 15 is 0 Å². The molecule has 8 heteroatoms. The second-order valence-corrected chi connectivity index (χ2v) is 10.7. The first-order chi connectivity index (χ1) is 13.4. The van der Waals surface area contributed by atoms with E-state index in [9.17, 15) is 13.2 Å². The molecule has 152 valence electrons. The molecule has 1 aromatic carbocycles. The Balaban J connectivity index is 1.56. The molecule has 1 fully saturated rings. The molecule has 28 heavy (non-hydrogen) atoms. The number of carbonyl (C=O) groups excluding carboxylic acids is 1. The summed E-state index contributed by atoms with van der Waals surface area (Å²) in [5, 5.41) is 4.73. The van der Waals surface area contributed by atoms with Gasteiger partial charge in [-0.1, -0.05) is 30.3 Å². The highest BCUT2D eigenvalue weighted by Gasteiger charge is 2.33. The van der Waals surface area contributed by atoms with Crippen molar-refractivity contribution in [2.75, 3.05) is 27.2 Å². The third-order valence-electron chi connectivity index (χ3n) is 4.89. The van der Waals surface area contributed by atoms with Gasteiger partial charge in [-0.25, -0.2) is 8.42 Å². The lowest BCUT2D eigenvalue weighted by molar-refractivity contribution is -0.872. The molecule has 3 rings (SSSR count). The Morgan fingerprint density at radius 3 is 2.57 bits per heavy atom. The number of hydrogen-bond donors (Lipinski definition) is 2. The van der Waals surface area contributed by atoms with Gasteiger partial charge in [0, 0.05) is 25.2 Å². The molecule has 0 saturated carbocycles. The number of nitrogens with zero attached hydrogens (tertiary/aromatic N) is 1. The maximum atomic E-state index is 12.7. The van der Waals surface area contributed by atoms with E-state index in [1.54, 1.807) is 17.5 Å². The van der Waals surface area contributed by atoms with E-state index in [0.29, 0.717) is 30.1 Å². The van der Waals surface area contributed by atoms with Crippen molar-refractivity contribution in [2.45, 2.75) is 30.1 Å². The van der Waals surface area contributed by atoms with Crippen molar-refractivity contribution in [1.29, 1.82) is 0 Å². The van der Waals surface area contributed by atoms with Gasteiger partial charge >= 0.3 is 0 Å². The quantitative estimate of drug-likeness (QED) is 0.702. The number of amides is 1. The summed E-state index contributed by atoms with van der Waals surface area (Å²) >= 11 is 1.21. The van der Waals surface area contributed by atoms with Gasteiger partial charge in [0.25, 0.3) is 10.0 Å². The molecule has 1 saturated heterocycles. The summed E-state index contributed by atoms with van der Waals surface area (Å²) in [4.78, 5) is 14.0. The van der Waals surface area contributed by atoms with Crippen molar-refractivity contribution in [3.05, 3.63) is 52.9 Å². The summed E-state index contributed by atoms with van der Waals surface area (Å²) in [5.74, 6) is -0.381. The number of sulfonamides is 1. The summed E-state index contributed by atoms with van der Waals surface area (Å²) in [6, 6.07) is 11.6. The Morgan fingerprint density at radius 2 is 1.93 bits per heavy atom. The highest BCUT2D eigenvalue weighted by Crippen LogP contribution is 2.26. The molecule has 0 spiro atoms. The van der Waals surface area contributed by atoms with Gasteiger partial charge in [0.05, 0.1) is 20.0 Å². The van der Waals surface area contributed by atoms with Crippen LogP contribution in [0.4, 0.5) is 0 Å². The lowest BCUT2D eigenvalue weighted by atomic mass is 9.98. The Morgan fingerprint density at radius 1 is 1.21 bits per heavy atom. The average Bonchev–Trinajstić information content (AvgIpc) is 3.22. The van der Waals surface area contributed by atoms with E-state index in [4.69, 9.17) is 0 Å². The van der Waals surface area contributed by atoms with Crippen molar-refractivity contribution >= 4 is 27.3 Å². The summed E-state index contributed by atoms with van der Waals surface area (Å²) in [5.41, 5.74) is 2.31. The van der Waals surface area contributed by atoms with Gasteiger partial charge in [-0.2, -0.15) is 4.31 Å². The summed E-state index contributed by atoms with van der Waals surface area (Å²) < 4.78 is 27.2. The van der Waals surface area contributed by atoms with Crippen molar-refractivity contribution in [1.82, 2.24) is 9.62 Å². The fraction of sp³-hybridized carbons (Fsp3) is 0.450. The molecule has 1 aliphatic heterocycles. The minimum absolute atomic E-state index is 0.0760. The van der Waals surface area contributed by atoms with E-state index in [1.165, 1.54) is 26.1 Å². The Hall–Kier alpha value is -1.74. The van der Waals surface area contributed by atoms with Crippen molar-refractivity contribution in [3.8, 4) is 0 Å². The molecule has 2 aromatic rings. The van der Waals surface area contributed by atoms with E-state index in [-0.39, 0.29) is 18.4 Å². The number of nitrogens with one attached hydrogen (secondary N) is 2. The zero-order chi connectivity index (χ0) is 20.1. The molecular weight excluding hydrogens is 394 g/mol. The third-order valence-corrected chi connectivity index (χ3v) is 8.13. The number of piperidine rings is 1. The van der Waals surface area contributed by atoms with Crippen LogP contribution in [0.2, 0.25) is 0 Å². The molecule has 1 amide bonds. The topological polar surface area (TPSA) is 70.9 Å². The molecule has 1 aliphatic rings. The Labute approximate surface area is 171 Å². The van der Waals surface area contributed by atoms with Gasteiger partial charge in [0.2, 0.25) is 5.91 Å². The lowest BCUT2D eigenvalue weighted by Crippen LogP contribution is -3.04. The SMILES string of the molecule is C[NH+](C)Cc1ccc(CNC(=O)[C@H]2CCCN(S(=O)(=O)c3cccs3)C2)cc1. The maximum absolute atomic E-state index is 12.7. The lowest BCUT2D eigenvalue weighted by Gasteiger charge is -2.30. The number of quaternary nitrogens is 1. The van der Waals surface area contributed by atoms with E-state index < -0.39 is 10.0 Å². The fourth-order valence-electron chi connectivity index (χ4n) is 3.43. The van der Waals surface area contributed by atoms with E-state index in [0.717, 1.165) is 12.1 Å². The number of thiophene rings is 1. The summed E-state index contributed by atoms with van der Waals surface area (Å²) in [6.07, 6.45) is 1.41. The molecule has 0 aliphatic carbocycles. The van der Waals surface area contributed by atoms with Crippen molar-refractivity contribution in [2.24, 2.45) is 5.92 Å². The van der Waals surface area contributed by atoms with Crippen LogP contribution in [-0.4, -0.2) is 45.8 Å². The van der Waals surface area contributed by atoms with Gasteiger partial charge < -0.3 is 10.2 Å². The third kappa shape index (κ3) is 5.20. The van der Waals surface area contributed by atoms with E-state index in [1.807, 2.05) is 12.1 Å². The van der Waals surface area contributed by atoms with Crippen molar-refractivity contribution in [3.63, 3.8) is 0 Å². The van der Waals surface area contributed by atoms with Gasteiger partial charge in [-0.15, -0.1) is 11.3 Å². The summed E-state index contributed by atoms with van der Waals surface area (Å²) in [7, 11) is 0.726. The standard InChI is InChI=1S/C20H27N3O3S2/c1-22(2)14-17-9-7-16(8-10-17)13-21-20(24)18-5-3-11-23(15-18)28(25,26)19-6-4-12-27-19/h4,6-10,12,18H,3,5,11,13-15H2,1-2H3,(H,21,24)/p+1/t18-/m0/s1. The molecule has 1 aromatic heterocycles. The predicted octanol–water partition coefficient (Wildman–Crippen LogP) is 1.11. The second kappa shape index (κ2) is 9.17. The highest BCUT2D eigenvalue weighted by atomic mass is 32.2. The van der Waals surface area contributed by atoms with Crippen LogP contribution in [0.5, 0.6) is 0 Å². The molecule has 0 bridgehead atoms. The van der Waals surface area contributed by atoms with Crippen LogP contribution in [0.3, 0.4) is 0 Å². The molecule has 2 N–H and O–H groups in total. The molecule has 1 atom stereocenters. The molecule has 2 heterocycles. The number of benzene rings is 1. The number of carbonyl (C=O) groups is 1. The van der Waals surface area contributed by atoms with Crippen LogP contribution in [0, 0.1) is 5.92 Å². The van der Waals surface area contributed by atoms with Crippen LogP contribution < -0.4 is 10.2 Å². The average molecular weight is 423 g/mol. The van der Waals surface area contributed by atoms with E-state index in [2.05, 4.69) is 31.5 Å². The monoisotopic (exact) mass is 422 g/mol. The molecule has 0 unspecified atom stereocenters. The zero-order valence-electron chi connectivity index (χ0n) is 16.3. The Kier molecular flexibility index (Phi) is 6.87. The number of hydrogen-bond acceptors (Lipinski definition) is 4. The van der Waals surface area contributed by atoms with Crippen molar-refractivity contribution < 1.29 is 18.1 Å². The Bertz CT molecular complexity index is 878. The minimum atomic E-state index is -3.50. The zero-order valence-corrected chi connectivity index (χ0v) is 18.0. The normalized spacial score (nSPS) is 18.3. The largest absolute Gasteiger partial charge is 0.352 e. The smallest absolute Gasteiger partial charge is 0.252 e. The minimum Gasteiger partial charge on any atom is -0.352 e. The number of rotatable bonds is 7. The second-order valence-electron chi connectivity index (χ2n) is 7.55. The fourth-order valence-corrected chi connectivity index (χ4v) is 6.10. The summed E-state index contributed by atoms with van der Waals surface area (Å²) in [6.45, 7) is 2.14. The highest BCUT2D eigenvalue weighted by molar-refractivity contribution is 7.91. The van der Waals surface area contributed by atoms with Gasteiger partial charge in [-0.05, 0) is 29.9 Å². The van der Waals surface area contributed by atoms with Crippen LogP contribution in [0.1, 0.15) is 24.0 Å². The molecular formula is C20H28N3O3S2+. The van der Waals surface area contributed by atoms with Gasteiger partial charge in [-0.3, -0.25) is 4.79 Å². The maximum Gasteiger partial charge on any atom is 0.252 e. The predicted molar refractivity (Wildman–Crippen MR) is 111 cm³/mol. The van der Waals surface area contributed by atoms with Crippen LogP contribution in [0.15, 0.2) is 46.0 Å². The molecule has 0 radical (unpaired) electrons.